The Bertz CT molecular complexity index is 304. The van der Waals surface area contributed by atoms with Crippen LogP contribution in [0.4, 0.5) is 0 Å². The average Bonchev–Trinajstić information content (AvgIpc) is 2.28. The van der Waals surface area contributed by atoms with Gasteiger partial charge in [0.25, 0.3) is 0 Å². The summed E-state index contributed by atoms with van der Waals surface area (Å²) in [7, 11) is 0. The van der Waals surface area contributed by atoms with E-state index in [1.54, 1.807) is 0 Å². The van der Waals surface area contributed by atoms with Gasteiger partial charge in [0, 0.05) is 5.02 Å². The number of halogens is 1. The molecule has 0 aliphatic carbocycles. The Morgan fingerprint density at radius 3 is 2.88 bits per heavy atom. The molecule has 1 unspecified atom stereocenters. The number of aliphatic hydroxyl groups is 1. The van der Waals surface area contributed by atoms with Crippen molar-refractivity contribution in [2.75, 3.05) is 13.1 Å². The zero-order chi connectivity index (χ0) is 11.8. The minimum atomic E-state index is -0.423. The van der Waals surface area contributed by atoms with Gasteiger partial charge in [0.05, 0.1) is 6.10 Å². The van der Waals surface area contributed by atoms with E-state index in [2.05, 4.69) is 12.2 Å². The van der Waals surface area contributed by atoms with Crippen LogP contribution in [0.3, 0.4) is 0 Å². The van der Waals surface area contributed by atoms with E-state index >= 15 is 0 Å². The molecule has 0 heterocycles. The lowest BCUT2D eigenvalue weighted by molar-refractivity contribution is 0.167. The smallest absolute Gasteiger partial charge is 0.0802 e. The minimum absolute atomic E-state index is 0.423. The maximum Gasteiger partial charge on any atom is 0.0802 e. The Hall–Kier alpha value is -0.570. The zero-order valence-corrected chi connectivity index (χ0v) is 10.5. The number of unbranched alkanes of at least 4 members (excludes halogenated alkanes) is 1. The number of rotatable bonds is 7. The Morgan fingerprint density at radius 2 is 2.19 bits per heavy atom. The molecule has 1 rings (SSSR count). The predicted octanol–water partition coefficient (Wildman–Crippen LogP) is 3.15. The molecule has 0 saturated heterocycles. The van der Waals surface area contributed by atoms with Gasteiger partial charge in [0.2, 0.25) is 0 Å². The molecule has 1 atom stereocenters. The number of hydrogen-bond donors (Lipinski definition) is 2. The molecule has 0 aliphatic rings. The summed E-state index contributed by atoms with van der Waals surface area (Å²) >= 11 is 5.86. The van der Waals surface area contributed by atoms with E-state index in [1.165, 1.54) is 12.8 Å². The van der Waals surface area contributed by atoms with Gasteiger partial charge in [-0.3, -0.25) is 0 Å². The molecule has 2 N–H and O–H groups in total. The van der Waals surface area contributed by atoms with E-state index < -0.39 is 6.10 Å². The predicted molar refractivity (Wildman–Crippen MR) is 68.8 cm³/mol. The summed E-state index contributed by atoms with van der Waals surface area (Å²) in [4.78, 5) is 0. The Labute approximate surface area is 103 Å². The first-order valence-corrected chi connectivity index (χ1v) is 6.26. The highest BCUT2D eigenvalue weighted by molar-refractivity contribution is 6.30. The summed E-state index contributed by atoms with van der Waals surface area (Å²) in [5.74, 6) is 0. The second-order valence-corrected chi connectivity index (χ2v) is 4.40. The van der Waals surface area contributed by atoms with Crippen LogP contribution >= 0.6 is 11.6 Å². The van der Waals surface area contributed by atoms with E-state index in [4.69, 9.17) is 11.6 Å². The van der Waals surface area contributed by atoms with Crippen LogP contribution < -0.4 is 5.32 Å². The van der Waals surface area contributed by atoms with Crippen molar-refractivity contribution >= 4 is 11.6 Å². The fraction of sp³-hybridized carbons (Fsp3) is 0.538. The van der Waals surface area contributed by atoms with Crippen molar-refractivity contribution in [2.24, 2.45) is 0 Å². The summed E-state index contributed by atoms with van der Waals surface area (Å²) in [6.07, 6.45) is 2.69. The fourth-order valence-corrected chi connectivity index (χ4v) is 1.74. The molecule has 16 heavy (non-hydrogen) atoms. The van der Waals surface area contributed by atoms with Crippen LogP contribution in [0.5, 0.6) is 0 Å². The lowest BCUT2D eigenvalue weighted by atomic mass is 10.1. The van der Waals surface area contributed by atoms with Gasteiger partial charge >= 0.3 is 0 Å². The van der Waals surface area contributed by atoms with E-state index in [1.807, 2.05) is 24.3 Å². The first-order chi connectivity index (χ1) is 7.74. The number of aliphatic hydroxyl groups excluding tert-OH is 1. The maximum atomic E-state index is 9.90. The Kier molecular flexibility index (Phi) is 6.46. The van der Waals surface area contributed by atoms with Gasteiger partial charge in [-0.25, -0.2) is 0 Å². The number of benzene rings is 1. The van der Waals surface area contributed by atoms with Crippen LogP contribution in [0.25, 0.3) is 0 Å². The molecule has 1 aromatic carbocycles. The highest BCUT2D eigenvalue weighted by Crippen LogP contribution is 2.19. The molecular formula is C13H20ClNO. The van der Waals surface area contributed by atoms with Crippen molar-refractivity contribution in [1.29, 1.82) is 0 Å². The molecule has 0 bridgehead atoms. The third-order valence-electron chi connectivity index (χ3n) is 2.54. The molecular weight excluding hydrogens is 222 g/mol. The van der Waals surface area contributed by atoms with Crippen molar-refractivity contribution in [3.8, 4) is 0 Å². The second kappa shape index (κ2) is 7.66. The van der Waals surface area contributed by atoms with Gasteiger partial charge in [0.15, 0.2) is 0 Å². The van der Waals surface area contributed by atoms with Crippen molar-refractivity contribution in [3.05, 3.63) is 34.9 Å². The standard InChI is InChI=1S/C13H20ClNO/c1-2-3-8-15-9-7-13(16)11-5-4-6-12(14)10-11/h4-6,10,13,15-16H,2-3,7-9H2,1H3. The molecule has 0 radical (unpaired) electrons. The van der Waals surface area contributed by atoms with E-state index in [-0.39, 0.29) is 0 Å². The summed E-state index contributed by atoms with van der Waals surface area (Å²) in [6, 6.07) is 7.41. The monoisotopic (exact) mass is 241 g/mol. The lowest BCUT2D eigenvalue weighted by Gasteiger charge is -2.11. The molecule has 0 amide bonds. The maximum absolute atomic E-state index is 9.90. The molecule has 90 valence electrons. The van der Waals surface area contributed by atoms with Crippen LogP contribution in [0, 0.1) is 0 Å². The van der Waals surface area contributed by atoms with Gasteiger partial charge in [0.1, 0.15) is 0 Å². The van der Waals surface area contributed by atoms with E-state index in [0.29, 0.717) is 5.02 Å². The first-order valence-electron chi connectivity index (χ1n) is 5.88. The second-order valence-electron chi connectivity index (χ2n) is 3.96. The molecule has 0 spiro atoms. The van der Waals surface area contributed by atoms with Crippen LogP contribution in [0.1, 0.15) is 37.9 Å². The van der Waals surface area contributed by atoms with Crippen molar-refractivity contribution < 1.29 is 5.11 Å². The Balaban J connectivity index is 2.27. The summed E-state index contributed by atoms with van der Waals surface area (Å²) in [6.45, 7) is 4.04. The van der Waals surface area contributed by atoms with Gasteiger partial charge in [-0.15, -0.1) is 0 Å². The summed E-state index contributed by atoms with van der Waals surface area (Å²) in [5, 5.41) is 13.9. The number of nitrogens with one attached hydrogen (secondary N) is 1. The summed E-state index contributed by atoms with van der Waals surface area (Å²) in [5.41, 5.74) is 0.893. The molecule has 0 aromatic heterocycles. The molecule has 0 fully saturated rings. The lowest BCUT2D eigenvalue weighted by Crippen LogP contribution is -2.18. The van der Waals surface area contributed by atoms with Crippen molar-refractivity contribution in [2.45, 2.75) is 32.3 Å². The van der Waals surface area contributed by atoms with Gasteiger partial charge in [-0.1, -0.05) is 37.1 Å². The van der Waals surface area contributed by atoms with Crippen LogP contribution in [-0.2, 0) is 0 Å². The van der Waals surface area contributed by atoms with Crippen LogP contribution in [0.2, 0.25) is 5.02 Å². The summed E-state index contributed by atoms with van der Waals surface area (Å²) < 4.78 is 0. The minimum Gasteiger partial charge on any atom is -0.388 e. The molecule has 1 aromatic rings. The Morgan fingerprint density at radius 1 is 1.38 bits per heavy atom. The largest absolute Gasteiger partial charge is 0.388 e. The number of hydrogen-bond acceptors (Lipinski definition) is 2. The van der Waals surface area contributed by atoms with Crippen LogP contribution in [-0.4, -0.2) is 18.2 Å². The average molecular weight is 242 g/mol. The quantitative estimate of drug-likeness (QED) is 0.719. The topological polar surface area (TPSA) is 32.3 Å². The molecule has 2 nitrogen and oxygen atoms in total. The van der Waals surface area contributed by atoms with Gasteiger partial charge in [-0.2, -0.15) is 0 Å². The van der Waals surface area contributed by atoms with Crippen molar-refractivity contribution in [3.63, 3.8) is 0 Å². The normalized spacial score (nSPS) is 12.7. The third kappa shape index (κ3) is 4.97. The SMILES string of the molecule is CCCCNCCC(O)c1cccc(Cl)c1. The first kappa shape index (κ1) is 13.5. The molecule has 0 aliphatic heterocycles. The molecule has 3 heteroatoms. The fourth-order valence-electron chi connectivity index (χ4n) is 1.55. The third-order valence-corrected chi connectivity index (χ3v) is 2.77. The highest BCUT2D eigenvalue weighted by Gasteiger charge is 2.06. The molecule has 0 saturated carbocycles. The van der Waals surface area contributed by atoms with Crippen molar-refractivity contribution in [1.82, 2.24) is 5.32 Å². The zero-order valence-electron chi connectivity index (χ0n) is 9.75. The van der Waals surface area contributed by atoms with Crippen LogP contribution in [0.15, 0.2) is 24.3 Å². The highest BCUT2D eigenvalue weighted by atomic mass is 35.5. The van der Waals surface area contributed by atoms with Gasteiger partial charge in [-0.05, 0) is 43.6 Å². The van der Waals surface area contributed by atoms with Gasteiger partial charge < -0.3 is 10.4 Å². The van der Waals surface area contributed by atoms with E-state index in [0.717, 1.165) is 25.1 Å². The van der Waals surface area contributed by atoms with E-state index in [9.17, 15) is 5.11 Å².